The molecule has 0 aliphatic heterocycles. The Hall–Kier alpha value is -4.33. The molecule has 0 radical (unpaired) electrons. The van der Waals surface area contributed by atoms with Crippen molar-refractivity contribution < 1.29 is 28.6 Å². The van der Waals surface area contributed by atoms with E-state index in [4.69, 9.17) is 14.2 Å². The maximum Gasteiger partial charge on any atom is 0.309 e. The average molecular weight is 477 g/mol. The van der Waals surface area contributed by atoms with Gasteiger partial charge in [0, 0.05) is 16.9 Å². The van der Waals surface area contributed by atoms with E-state index in [1.54, 1.807) is 48.5 Å². The van der Waals surface area contributed by atoms with Crippen molar-refractivity contribution in [3.8, 4) is 11.5 Å². The highest BCUT2D eigenvalue weighted by Crippen LogP contribution is 2.18. The van der Waals surface area contributed by atoms with Crippen LogP contribution >= 0.6 is 0 Å². The van der Waals surface area contributed by atoms with Crippen LogP contribution in [0.5, 0.6) is 11.5 Å². The van der Waals surface area contributed by atoms with Gasteiger partial charge in [0.25, 0.3) is 11.8 Å². The summed E-state index contributed by atoms with van der Waals surface area (Å²) in [5.41, 5.74) is 2.52. The number of anilines is 2. The molecule has 0 bridgehead atoms. The Bertz CT molecular complexity index is 1140. The van der Waals surface area contributed by atoms with Crippen molar-refractivity contribution >= 4 is 29.2 Å². The number of amides is 2. The van der Waals surface area contributed by atoms with Gasteiger partial charge in [-0.1, -0.05) is 18.2 Å². The minimum atomic E-state index is -0.532. The van der Waals surface area contributed by atoms with Gasteiger partial charge < -0.3 is 24.8 Å². The first-order valence-corrected chi connectivity index (χ1v) is 11.2. The monoisotopic (exact) mass is 476 g/mol. The molecule has 0 aliphatic carbocycles. The predicted octanol–water partition coefficient (Wildman–Crippen LogP) is 4.60. The van der Waals surface area contributed by atoms with Crippen LogP contribution in [0, 0.1) is 6.92 Å². The normalized spacial score (nSPS) is 10.2. The van der Waals surface area contributed by atoms with Crippen molar-refractivity contribution in [3.05, 3.63) is 83.9 Å². The number of hydrogen-bond donors (Lipinski definition) is 2. The van der Waals surface area contributed by atoms with Crippen LogP contribution in [0.4, 0.5) is 11.4 Å². The van der Waals surface area contributed by atoms with Gasteiger partial charge in [-0.2, -0.15) is 0 Å². The molecule has 3 rings (SSSR count). The number of aryl methyl sites for hydroxylation is 1. The molecule has 35 heavy (non-hydrogen) atoms. The zero-order valence-corrected chi connectivity index (χ0v) is 19.7. The average Bonchev–Trinajstić information content (AvgIpc) is 2.86. The molecule has 8 nitrogen and oxygen atoms in total. The van der Waals surface area contributed by atoms with Gasteiger partial charge in [-0.15, -0.1) is 0 Å². The van der Waals surface area contributed by atoms with Crippen molar-refractivity contribution in [2.45, 2.75) is 20.3 Å². The summed E-state index contributed by atoms with van der Waals surface area (Å²) in [6.07, 6.45) is 0.0276. The molecule has 0 aromatic heterocycles. The first kappa shape index (κ1) is 25.3. The van der Waals surface area contributed by atoms with Crippen molar-refractivity contribution in [1.82, 2.24) is 0 Å². The molecule has 8 heteroatoms. The Labute approximate surface area is 204 Å². The third kappa shape index (κ3) is 8.19. The number of ether oxygens (including phenoxy) is 3. The lowest BCUT2D eigenvalue weighted by Gasteiger charge is -2.10. The minimum Gasteiger partial charge on any atom is -0.494 e. The SMILES string of the molecule is CCOc1ccc(NC(=O)c2ccc(NC(=O)COC(=O)CCOc3ccccc3C)cc2)cc1. The molecule has 182 valence electrons. The van der Waals surface area contributed by atoms with Crippen LogP contribution in [-0.2, 0) is 14.3 Å². The zero-order chi connectivity index (χ0) is 25.0. The molecule has 0 spiro atoms. The van der Waals surface area contributed by atoms with E-state index >= 15 is 0 Å². The maximum absolute atomic E-state index is 12.4. The molecule has 3 aromatic carbocycles. The van der Waals surface area contributed by atoms with Crippen LogP contribution in [0.2, 0.25) is 0 Å². The molecule has 0 atom stereocenters. The van der Waals surface area contributed by atoms with Gasteiger partial charge >= 0.3 is 5.97 Å². The number of hydrogen-bond acceptors (Lipinski definition) is 6. The summed E-state index contributed by atoms with van der Waals surface area (Å²) in [5.74, 6) is 0.134. The number of rotatable bonds is 11. The fourth-order valence-electron chi connectivity index (χ4n) is 3.09. The summed E-state index contributed by atoms with van der Waals surface area (Å²) in [6, 6.07) is 21.0. The van der Waals surface area contributed by atoms with Crippen LogP contribution in [0.1, 0.15) is 29.3 Å². The lowest BCUT2D eigenvalue weighted by Crippen LogP contribution is -2.21. The predicted molar refractivity (Wildman–Crippen MR) is 133 cm³/mol. The van der Waals surface area contributed by atoms with Crippen LogP contribution in [0.25, 0.3) is 0 Å². The number of carbonyl (C=O) groups excluding carboxylic acids is 3. The van der Waals surface area contributed by atoms with E-state index in [2.05, 4.69) is 10.6 Å². The molecular weight excluding hydrogens is 448 g/mol. The fourth-order valence-corrected chi connectivity index (χ4v) is 3.09. The molecule has 0 fully saturated rings. The second-order valence-corrected chi connectivity index (χ2v) is 7.56. The number of carbonyl (C=O) groups is 3. The second kappa shape index (κ2) is 12.8. The van der Waals surface area contributed by atoms with Crippen molar-refractivity contribution in [1.29, 1.82) is 0 Å². The van der Waals surface area contributed by atoms with Gasteiger partial charge in [-0.3, -0.25) is 14.4 Å². The van der Waals surface area contributed by atoms with Crippen LogP contribution in [0.15, 0.2) is 72.8 Å². The molecule has 0 unspecified atom stereocenters. The third-order valence-electron chi connectivity index (χ3n) is 4.88. The number of nitrogens with one attached hydrogen (secondary N) is 2. The lowest BCUT2D eigenvalue weighted by atomic mass is 10.2. The number of benzene rings is 3. The fraction of sp³-hybridized carbons (Fsp3) is 0.222. The van der Waals surface area contributed by atoms with Gasteiger partial charge in [0.15, 0.2) is 6.61 Å². The highest BCUT2D eigenvalue weighted by molar-refractivity contribution is 6.04. The number of esters is 1. The van der Waals surface area contributed by atoms with E-state index in [9.17, 15) is 14.4 Å². The van der Waals surface area contributed by atoms with Gasteiger partial charge in [-0.05, 0) is 74.0 Å². The Kier molecular flexibility index (Phi) is 9.24. The molecule has 0 saturated heterocycles. The van der Waals surface area contributed by atoms with Gasteiger partial charge in [0.05, 0.1) is 19.6 Å². The summed E-state index contributed by atoms with van der Waals surface area (Å²) in [7, 11) is 0. The highest BCUT2D eigenvalue weighted by atomic mass is 16.5. The standard InChI is InChI=1S/C27H28N2O6/c1-3-33-23-14-12-22(13-15-23)29-27(32)20-8-10-21(11-9-20)28-25(30)18-35-26(31)16-17-34-24-7-5-4-6-19(24)2/h4-15H,3,16-18H2,1-2H3,(H,28,30)(H,29,32). The molecule has 0 heterocycles. The third-order valence-corrected chi connectivity index (χ3v) is 4.88. The smallest absolute Gasteiger partial charge is 0.309 e. The molecule has 0 aliphatic rings. The van der Waals surface area contributed by atoms with Gasteiger partial charge in [0.1, 0.15) is 11.5 Å². The Balaban J connectivity index is 1.39. The van der Waals surface area contributed by atoms with Crippen molar-refractivity contribution in [3.63, 3.8) is 0 Å². The van der Waals surface area contributed by atoms with Gasteiger partial charge in [0.2, 0.25) is 0 Å². The molecular formula is C27H28N2O6. The summed E-state index contributed by atoms with van der Waals surface area (Å²) in [5, 5.41) is 5.43. The van der Waals surface area contributed by atoms with Gasteiger partial charge in [-0.25, -0.2) is 0 Å². The largest absolute Gasteiger partial charge is 0.494 e. The highest BCUT2D eigenvalue weighted by Gasteiger charge is 2.10. The quantitative estimate of drug-likeness (QED) is 0.392. The number of para-hydroxylation sites is 1. The summed E-state index contributed by atoms with van der Waals surface area (Å²) in [6.45, 7) is 4.13. The van der Waals surface area contributed by atoms with Crippen LogP contribution in [-0.4, -0.2) is 37.6 Å². The summed E-state index contributed by atoms with van der Waals surface area (Å²) >= 11 is 0. The van der Waals surface area contributed by atoms with Crippen LogP contribution in [0.3, 0.4) is 0 Å². The van der Waals surface area contributed by atoms with Crippen molar-refractivity contribution in [2.24, 2.45) is 0 Å². The van der Waals surface area contributed by atoms with E-state index in [0.29, 0.717) is 29.3 Å². The molecule has 2 amide bonds. The molecule has 2 N–H and O–H groups in total. The Morgan fingerprint density at radius 2 is 1.46 bits per heavy atom. The van der Waals surface area contributed by atoms with E-state index < -0.39 is 18.5 Å². The maximum atomic E-state index is 12.4. The van der Waals surface area contributed by atoms with E-state index in [0.717, 1.165) is 11.3 Å². The summed E-state index contributed by atoms with van der Waals surface area (Å²) in [4.78, 5) is 36.4. The first-order valence-electron chi connectivity index (χ1n) is 11.2. The minimum absolute atomic E-state index is 0.0276. The zero-order valence-electron chi connectivity index (χ0n) is 19.7. The van der Waals surface area contributed by atoms with E-state index in [1.165, 1.54) is 0 Å². The first-order chi connectivity index (χ1) is 16.9. The Morgan fingerprint density at radius 1 is 0.800 bits per heavy atom. The van der Waals surface area contributed by atoms with E-state index in [1.807, 2.05) is 38.1 Å². The molecule has 0 saturated carbocycles. The summed E-state index contributed by atoms with van der Waals surface area (Å²) < 4.78 is 15.9. The topological polar surface area (TPSA) is 103 Å². The van der Waals surface area contributed by atoms with E-state index in [-0.39, 0.29) is 18.9 Å². The molecule has 3 aromatic rings. The van der Waals surface area contributed by atoms with Crippen LogP contribution < -0.4 is 20.1 Å². The van der Waals surface area contributed by atoms with Crippen molar-refractivity contribution in [2.75, 3.05) is 30.5 Å². The second-order valence-electron chi connectivity index (χ2n) is 7.56. The Morgan fingerprint density at radius 3 is 2.14 bits per heavy atom. The lowest BCUT2D eigenvalue weighted by molar-refractivity contribution is -0.147.